The maximum atomic E-state index is 12.6. The summed E-state index contributed by atoms with van der Waals surface area (Å²) in [5.41, 5.74) is 3.16. The minimum atomic E-state index is -0.502. The highest BCUT2D eigenvalue weighted by atomic mass is 16.5. The van der Waals surface area contributed by atoms with Crippen molar-refractivity contribution in [2.45, 2.75) is 25.8 Å². The Morgan fingerprint density at radius 1 is 1.19 bits per heavy atom. The molecule has 6 nitrogen and oxygen atoms in total. The van der Waals surface area contributed by atoms with E-state index < -0.39 is 5.97 Å². The van der Waals surface area contributed by atoms with E-state index >= 15 is 0 Å². The number of fused-ring (bicyclic) bond motifs is 2. The molecule has 4 rings (SSSR count). The molecule has 26 heavy (non-hydrogen) atoms. The fourth-order valence-corrected chi connectivity index (χ4v) is 3.41. The number of hydrogen-bond donors (Lipinski definition) is 0. The molecule has 1 aliphatic heterocycles. The van der Waals surface area contributed by atoms with Crippen molar-refractivity contribution in [1.29, 1.82) is 0 Å². The zero-order chi connectivity index (χ0) is 18.1. The predicted molar refractivity (Wildman–Crippen MR) is 95.8 cm³/mol. The molecule has 1 atom stereocenters. The average molecular weight is 350 g/mol. The second kappa shape index (κ2) is 6.63. The Morgan fingerprint density at radius 2 is 1.96 bits per heavy atom. The van der Waals surface area contributed by atoms with Gasteiger partial charge in [-0.25, -0.2) is 0 Å². The number of ether oxygens (including phenoxy) is 1. The minimum Gasteiger partial charge on any atom is -0.455 e. The summed E-state index contributed by atoms with van der Waals surface area (Å²) < 4.78 is 10.4. The molecule has 0 radical (unpaired) electrons. The number of hydrogen-bond acceptors (Lipinski definition) is 5. The van der Waals surface area contributed by atoms with Gasteiger partial charge in [0.15, 0.2) is 12.2 Å². The number of carbonyl (C=O) groups is 2. The normalized spacial score (nSPS) is 15.9. The number of carbonyl (C=O) groups excluding carboxylic acids is 2. The van der Waals surface area contributed by atoms with Crippen molar-refractivity contribution in [2.75, 3.05) is 11.5 Å². The summed E-state index contributed by atoms with van der Waals surface area (Å²) in [6.07, 6.45) is 0.775. The standard InChI is InChI=1S/C20H18N2O4/c1-13-10-14-6-2-4-8-17(14)22(13)19(23)12-25-20(24)11-16-15-7-3-5-9-18(15)26-21-16/h2-9,13H,10-12H2,1H3/t13-/m1/s1. The lowest BCUT2D eigenvalue weighted by molar-refractivity contribution is -0.147. The lowest BCUT2D eigenvalue weighted by Gasteiger charge is -2.22. The van der Waals surface area contributed by atoms with Crippen molar-refractivity contribution in [3.8, 4) is 0 Å². The van der Waals surface area contributed by atoms with Crippen LogP contribution >= 0.6 is 0 Å². The Balaban J connectivity index is 1.39. The molecule has 0 bridgehead atoms. The summed E-state index contributed by atoms with van der Waals surface area (Å²) in [6, 6.07) is 15.2. The first kappa shape index (κ1) is 16.3. The summed E-state index contributed by atoms with van der Waals surface area (Å²) in [5, 5.41) is 4.69. The van der Waals surface area contributed by atoms with Crippen LogP contribution < -0.4 is 4.90 Å². The average Bonchev–Trinajstić information content (AvgIpc) is 3.20. The van der Waals surface area contributed by atoms with Crippen molar-refractivity contribution in [1.82, 2.24) is 5.16 Å². The van der Waals surface area contributed by atoms with Gasteiger partial charge in [0.1, 0.15) is 5.69 Å². The molecule has 3 aromatic rings. The Morgan fingerprint density at radius 3 is 2.85 bits per heavy atom. The van der Waals surface area contributed by atoms with Gasteiger partial charge in [-0.2, -0.15) is 0 Å². The third kappa shape index (κ3) is 2.94. The molecule has 0 unspecified atom stereocenters. The number of rotatable bonds is 4. The molecule has 1 amide bonds. The van der Waals surface area contributed by atoms with E-state index in [9.17, 15) is 9.59 Å². The SMILES string of the molecule is C[C@@H]1Cc2ccccc2N1C(=O)COC(=O)Cc1noc2ccccc12. The zero-order valence-corrected chi connectivity index (χ0v) is 14.3. The molecule has 132 valence electrons. The lowest BCUT2D eigenvalue weighted by Crippen LogP contribution is -2.38. The van der Waals surface area contributed by atoms with Gasteiger partial charge in [-0.1, -0.05) is 35.5 Å². The highest BCUT2D eigenvalue weighted by Crippen LogP contribution is 2.31. The molecule has 1 aliphatic rings. The quantitative estimate of drug-likeness (QED) is 0.677. The van der Waals surface area contributed by atoms with Crippen LogP contribution in [0.3, 0.4) is 0 Å². The summed E-state index contributed by atoms with van der Waals surface area (Å²) in [4.78, 5) is 26.4. The first-order valence-corrected chi connectivity index (χ1v) is 8.52. The van der Waals surface area contributed by atoms with Crippen LogP contribution in [0.25, 0.3) is 11.0 Å². The number of anilines is 1. The van der Waals surface area contributed by atoms with Gasteiger partial charge >= 0.3 is 5.97 Å². The van der Waals surface area contributed by atoms with E-state index in [0.717, 1.165) is 23.1 Å². The van der Waals surface area contributed by atoms with Crippen molar-refractivity contribution < 1.29 is 18.8 Å². The van der Waals surface area contributed by atoms with Gasteiger partial charge in [0.25, 0.3) is 5.91 Å². The van der Waals surface area contributed by atoms with Crippen molar-refractivity contribution in [3.05, 3.63) is 59.8 Å². The molecule has 2 aromatic carbocycles. The first-order valence-electron chi connectivity index (χ1n) is 8.52. The molecule has 0 spiro atoms. The van der Waals surface area contributed by atoms with Gasteiger partial charge in [-0.15, -0.1) is 0 Å². The molecular formula is C20H18N2O4. The number of benzene rings is 2. The molecule has 2 heterocycles. The number of para-hydroxylation sites is 2. The molecule has 0 fully saturated rings. The number of esters is 1. The third-order valence-corrected chi connectivity index (χ3v) is 4.60. The third-order valence-electron chi connectivity index (χ3n) is 4.60. The van der Waals surface area contributed by atoms with Crippen LogP contribution in [0.1, 0.15) is 18.2 Å². The summed E-state index contributed by atoms with van der Waals surface area (Å²) in [6.45, 7) is 1.70. The molecular weight excluding hydrogens is 332 g/mol. The van der Waals surface area contributed by atoms with Gasteiger partial charge < -0.3 is 14.2 Å². The van der Waals surface area contributed by atoms with Crippen LogP contribution in [-0.4, -0.2) is 29.7 Å². The summed E-state index contributed by atoms with van der Waals surface area (Å²) >= 11 is 0. The maximum absolute atomic E-state index is 12.6. The van der Waals surface area contributed by atoms with E-state index in [1.807, 2.05) is 49.4 Å². The number of amides is 1. The fourth-order valence-electron chi connectivity index (χ4n) is 3.41. The van der Waals surface area contributed by atoms with Crippen LogP contribution in [0, 0.1) is 0 Å². The monoisotopic (exact) mass is 350 g/mol. The Hall–Kier alpha value is -3.15. The second-order valence-electron chi connectivity index (χ2n) is 6.41. The van der Waals surface area contributed by atoms with Gasteiger partial charge in [-0.05, 0) is 37.1 Å². The molecule has 6 heteroatoms. The topological polar surface area (TPSA) is 72.6 Å². The van der Waals surface area contributed by atoms with Gasteiger partial charge in [0.2, 0.25) is 0 Å². The van der Waals surface area contributed by atoms with Crippen LogP contribution in [0.5, 0.6) is 0 Å². The number of nitrogens with zero attached hydrogens (tertiary/aromatic N) is 2. The predicted octanol–water partition coefficient (Wildman–Crippen LogP) is 2.89. The number of aromatic nitrogens is 1. The zero-order valence-electron chi connectivity index (χ0n) is 14.3. The fraction of sp³-hybridized carbons (Fsp3) is 0.250. The highest BCUT2D eigenvalue weighted by Gasteiger charge is 2.31. The second-order valence-corrected chi connectivity index (χ2v) is 6.41. The van der Waals surface area contributed by atoms with E-state index in [4.69, 9.17) is 9.26 Å². The molecule has 0 saturated heterocycles. The summed E-state index contributed by atoms with van der Waals surface area (Å²) in [5.74, 6) is -0.724. The molecule has 0 aliphatic carbocycles. The highest BCUT2D eigenvalue weighted by molar-refractivity contribution is 5.98. The van der Waals surface area contributed by atoms with E-state index in [1.54, 1.807) is 11.0 Å². The van der Waals surface area contributed by atoms with Gasteiger partial charge in [0.05, 0.1) is 6.42 Å². The van der Waals surface area contributed by atoms with E-state index in [0.29, 0.717) is 11.3 Å². The van der Waals surface area contributed by atoms with Crippen LogP contribution in [0.2, 0.25) is 0 Å². The molecule has 0 N–H and O–H groups in total. The minimum absolute atomic E-state index is 0.0313. The van der Waals surface area contributed by atoms with E-state index in [-0.39, 0.29) is 25.0 Å². The summed E-state index contributed by atoms with van der Waals surface area (Å²) in [7, 11) is 0. The van der Waals surface area contributed by atoms with Crippen molar-refractivity contribution in [3.63, 3.8) is 0 Å². The largest absolute Gasteiger partial charge is 0.455 e. The van der Waals surface area contributed by atoms with Gasteiger partial charge in [0, 0.05) is 17.1 Å². The maximum Gasteiger partial charge on any atom is 0.312 e. The molecule has 1 aromatic heterocycles. The van der Waals surface area contributed by atoms with Gasteiger partial charge in [-0.3, -0.25) is 9.59 Å². The Kier molecular flexibility index (Phi) is 4.16. The van der Waals surface area contributed by atoms with Crippen molar-refractivity contribution >= 4 is 28.5 Å². The molecule has 0 saturated carbocycles. The van der Waals surface area contributed by atoms with Crippen LogP contribution in [-0.2, 0) is 27.2 Å². The van der Waals surface area contributed by atoms with E-state index in [2.05, 4.69) is 5.16 Å². The van der Waals surface area contributed by atoms with Crippen LogP contribution in [0.15, 0.2) is 53.1 Å². The van der Waals surface area contributed by atoms with Crippen molar-refractivity contribution in [2.24, 2.45) is 0 Å². The van der Waals surface area contributed by atoms with Crippen LogP contribution in [0.4, 0.5) is 5.69 Å². The lowest BCUT2D eigenvalue weighted by atomic mass is 10.1. The smallest absolute Gasteiger partial charge is 0.312 e. The first-order chi connectivity index (χ1) is 12.6. The van der Waals surface area contributed by atoms with E-state index in [1.165, 1.54) is 0 Å². The Bertz CT molecular complexity index is 979. The Labute approximate surface area is 150 Å².